The first-order chi connectivity index (χ1) is 11.7. The summed E-state index contributed by atoms with van der Waals surface area (Å²) in [6, 6.07) is 10.4. The van der Waals surface area contributed by atoms with Crippen LogP contribution in [0.15, 0.2) is 24.3 Å². The fourth-order valence-corrected chi connectivity index (χ4v) is 4.99. The molecule has 1 saturated carbocycles. The van der Waals surface area contributed by atoms with E-state index in [1.165, 1.54) is 62.5 Å². The van der Waals surface area contributed by atoms with Gasteiger partial charge in [-0.25, -0.2) is 0 Å². The van der Waals surface area contributed by atoms with Crippen LogP contribution in [0.2, 0.25) is 6.04 Å². The average Bonchev–Trinajstić information content (AvgIpc) is 2.60. The van der Waals surface area contributed by atoms with Crippen LogP contribution in [0.3, 0.4) is 0 Å². The zero-order valence-corrected chi connectivity index (χ0v) is 17.7. The Labute approximate surface area is 159 Å². The Morgan fingerprint density at radius 1 is 1.00 bits per heavy atom. The molecule has 0 amide bonds. The van der Waals surface area contributed by atoms with Crippen molar-refractivity contribution < 1.29 is 4.74 Å². The molecule has 2 rings (SSSR count). The van der Waals surface area contributed by atoms with Gasteiger partial charge in [0.2, 0.25) is 7.42 Å². The van der Waals surface area contributed by atoms with Crippen LogP contribution in [-0.4, -0.2) is 20.1 Å². The maximum absolute atomic E-state index is 6.00. The van der Waals surface area contributed by atoms with Crippen LogP contribution < -0.4 is 0 Å². The summed E-state index contributed by atoms with van der Waals surface area (Å²) < 4.78 is 6.00. The molecule has 0 atom stereocenters. The molecule has 1 aliphatic carbocycles. The van der Waals surface area contributed by atoms with Crippen molar-refractivity contribution >= 4 is 29.6 Å². The molecule has 0 heterocycles. The summed E-state index contributed by atoms with van der Waals surface area (Å²) in [5, 5.41) is 0. The first-order valence-corrected chi connectivity index (χ1v) is 14.0. The van der Waals surface area contributed by atoms with E-state index in [9.17, 15) is 0 Å². The van der Waals surface area contributed by atoms with Gasteiger partial charge in [0.15, 0.2) is 0 Å². The van der Waals surface area contributed by atoms with E-state index in [-0.39, 0.29) is 0 Å². The monoisotopic (exact) mass is 386 g/mol. The minimum absolute atomic E-state index is 0.445. The van der Waals surface area contributed by atoms with E-state index in [2.05, 4.69) is 31.2 Å². The maximum Gasteiger partial charge on any atom is 0.237 e. The Hall–Kier alpha value is -0.0231. The van der Waals surface area contributed by atoms with Gasteiger partial charge in [0.1, 0.15) is 0 Å². The third-order valence-corrected chi connectivity index (χ3v) is 7.27. The van der Waals surface area contributed by atoms with Crippen LogP contribution >= 0.6 is 22.2 Å². The number of hydrogen-bond donors (Lipinski definition) is 0. The standard InChI is InChI=1S/C20H32Cl2OSi/c1-2-3-4-6-17-7-9-18(10-8-17)19-11-13-20(14-12-19)23-15-5-16-24(21)22/h7-10,19-20,24H,2-6,11-16H2,1H3. The van der Waals surface area contributed by atoms with E-state index in [0.29, 0.717) is 6.10 Å². The van der Waals surface area contributed by atoms with Crippen molar-refractivity contribution in [3.05, 3.63) is 35.4 Å². The van der Waals surface area contributed by atoms with Crippen molar-refractivity contribution in [3.8, 4) is 0 Å². The third-order valence-electron chi connectivity index (χ3n) is 5.11. The third kappa shape index (κ3) is 7.47. The predicted octanol–water partition coefficient (Wildman–Crippen LogP) is 6.55. The summed E-state index contributed by atoms with van der Waals surface area (Å²) >= 11 is 11.8. The number of rotatable bonds is 10. The number of unbranched alkanes of at least 4 members (excludes halogenated alkanes) is 2. The highest BCUT2D eigenvalue weighted by Crippen LogP contribution is 2.34. The van der Waals surface area contributed by atoms with Gasteiger partial charge in [-0.3, -0.25) is 0 Å². The number of hydrogen-bond acceptors (Lipinski definition) is 1. The summed E-state index contributed by atoms with van der Waals surface area (Å²) in [5.41, 5.74) is 3.01. The lowest BCUT2D eigenvalue weighted by molar-refractivity contribution is 0.0251. The molecule has 1 nitrogen and oxygen atoms in total. The molecule has 136 valence electrons. The summed E-state index contributed by atoms with van der Waals surface area (Å²) in [7, 11) is -1.45. The fourth-order valence-electron chi connectivity index (χ4n) is 3.59. The van der Waals surface area contributed by atoms with E-state index < -0.39 is 7.42 Å². The van der Waals surface area contributed by atoms with E-state index in [0.717, 1.165) is 25.0 Å². The molecule has 24 heavy (non-hydrogen) atoms. The highest BCUT2D eigenvalue weighted by atomic mass is 35.7. The van der Waals surface area contributed by atoms with Gasteiger partial charge < -0.3 is 4.74 Å². The lowest BCUT2D eigenvalue weighted by Crippen LogP contribution is -2.21. The molecule has 0 spiro atoms. The second-order valence-corrected chi connectivity index (χ2v) is 12.3. The Morgan fingerprint density at radius 2 is 1.71 bits per heavy atom. The second kappa shape index (κ2) is 11.6. The molecule has 1 aliphatic rings. The minimum Gasteiger partial charge on any atom is -0.378 e. The Morgan fingerprint density at radius 3 is 2.33 bits per heavy atom. The van der Waals surface area contributed by atoms with Crippen molar-refractivity contribution in [2.24, 2.45) is 0 Å². The molecule has 1 aromatic carbocycles. The topological polar surface area (TPSA) is 9.23 Å². The average molecular weight is 387 g/mol. The van der Waals surface area contributed by atoms with Crippen molar-refractivity contribution in [2.45, 2.75) is 82.8 Å². The van der Waals surface area contributed by atoms with Crippen molar-refractivity contribution in [3.63, 3.8) is 0 Å². The van der Waals surface area contributed by atoms with Crippen molar-refractivity contribution in [2.75, 3.05) is 6.61 Å². The molecule has 0 saturated heterocycles. The molecule has 0 unspecified atom stereocenters. The first-order valence-electron chi connectivity index (χ1n) is 9.67. The van der Waals surface area contributed by atoms with Gasteiger partial charge in [-0.05, 0) is 68.0 Å². The molecular formula is C20H32Cl2OSi. The molecule has 0 aliphatic heterocycles. The maximum atomic E-state index is 6.00. The molecule has 1 fully saturated rings. The highest BCUT2D eigenvalue weighted by Gasteiger charge is 2.22. The van der Waals surface area contributed by atoms with Gasteiger partial charge in [0.05, 0.1) is 6.10 Å². The SMILES string of the molecule is CCCCCc1ccc(C2CCC(OCCC[SiH](Cl)Cl)CC2)cc1. The Kier molecular flexibility index (Phi) is 9.78. The van der Waals surface area contributed by atoms with Gasteiger partial charge in [-0.1, -0.05) is 44.0 Å². The normalized spacial score (nSPS) is 21.3. The van der Waals surface area contributed by atoms with Crippen LogP contribution in [0.1, 0.15) is 75.3 Å². The minimum atomic E-state index is -1.45. The fraction of sp³-hybridized carbons (Fsp3) is 0.700. The van der Waals surface area contributed by atoms with Crippen LogP contribution in [0, 0.1) is 0 Å². The molecule has 1 aromatic rings. The number of halogens is 2. The van der Waals surface area contributed by atoms with E-state index >= 15 is 0 Å². The first kappa shape index (κ1) is 20.3. The smallest absolute Gasteiger partial charge is 0.237 e. The Bertz CT molecular complexity index is 441. The number of benzene rings is 1. The van der Waals surface area contributed by atoms with Crippen LogP contribution in [0.25, 0.3) is 0 Å². The lowest BCUT2D eigenvalue weighted by Gasteiger charge is -2.29. The zero-order valence-electron chi connectivity index (χ0n) is 15.0. The summed E-state index contributed by atoms with van der Waals surface area (Å²) in [6.45, 7) is 3.09. The quantitative estimate of drug-likeness (QED) is 0.251. The number of ether oxygens (including phenoxy) is 1. The largest absolute Gasteiger partial charge is 0.378 e. The van der Waals surface area contributed by atoms with E-state index in [1.807, 2.05) is 0 Å². The lowest BCUT2D eigenvalue weighted by atomic mass is 9.82. The van der Waals surface area contributed by atoms with E-state index in [1.54, 1.807) is 0 Å². The van der Waals surface area contributed by atoms with Crippen molar-refractivity contribution in [1.29, 1.82) is 0 Å². The van der Waals surface area contributed by atoms with Crippen LogP contribution in [0.5, 0.6) is 0 Å². The van der Waals surface area contributed by atoms with Gasteiger partial charge in [0, 0.05) is 6.61 Å². The molecule has 0 N–H and O–H groups in total. The summed E-state index contributed by atoms with van der Waals surface area (Å²) in [4.78, 5) is 0. The molecule has 0 radical (unpaired) electrons. The molecule has 4 heteroatoms. The van der Waals surface area contributed by atoms with Gasteiger partial charge in [-0.15, -0.1) is 0 Å². The number of aryl methyl sites for hydroxylation is 1. The van der Waals surface area contributed by atoms with Gasteiger partial charge in [0.25, 0.3) is 0 Å². The highest BCUT2D eigenvalue weighted by molar-refractivity contribution is 7.33. The van der Waals surface area contributed by atoms with Gasteiger partial charge in [-0.2, -0.15) is 22.2 Å². The second-order valence-electron chi connectivity index (χ2n) is 7.08. The molecular weight excluding hydrogens is 355 g/mol. The predicted molar refractivity (Wildman–Crippen MR) is 109 cm³/mol. The zero-order chi connectivity index (χ0) is 17.2. The molecule has 0 aromatic heterocycles. The summed E-state index contributed by atoms with van der Waals surface area (Å²) in [5.74, 6) is 0.719. The van der Waals surface area contributed by atoms with Crippen LogP contribution in [-0.2, 0) is 11.2 Å². The van der Waals surface area contributed by atoms with E-state index in [4.69, 9.17) is 26.9 Å². The van der Waals surface area contributed by atoms with Crippen molar-refractivity contribution in [1.82, 2.24) is 0 Å². The Balaban J connectivity index is 1.68. The van der Waals surface area contributed by atoms with Crippen LogP contribution in [0.4, 0.5) is 0 Å². The molecule has 0 bridgehead atoms. The van der Waals surface area contributed by atoms with Gasteiger partial charge >= 0.3 is 0 Å². The summed E-state index contributed by atoms with van der Waals surface area (Å²) in [6.07, 6.45) is 11.5.